The number of fused-ring (bicyclic) bond motifs is 3. The highest BCUT2D eigenvalue weighted by Gasteiger charge is 2.30. The molecule has 0 bridgehead atoms. The SMILES string of the molecule is O=C(Nc1cccc(C(F)(F)F)c1)NC1CCc2[nH]c3c(C(=O)NCCCO)cccc3c2C1. The molecule has 1 aliphatic carbocycles. The van der Waals surface area contributed by atoms with Gasteiger partial charge in [-0.1, -0.05) is 18.2 Å². The van der Waals surface area contributed by atoms with Crippen molar-refractivity contribution in [1.29, 1.82) is 0 Å². The van der Waals surface area contributed by atoms with Gasteiger partial charge in [-0.25, -0.2) is 4.79 Å². The number of urea groups is 1. The van der Waals surface area contributed by atoms with Crippen LogP contribution in [0, 0.1) is 0 Å². The molecule has 0 aliphatic heterocycles. The van der Waals surface area contributed by atoms with Gasteiger partial charge < -0.3 is 26.0 Å². The Labute approximate surface area is 193 Å². The number of para-hydroxylation sites is 1. The van der Waals surface area contributed by atoms with E-state index in [1.54, 1.807) is 12.1 Å². The highest BCUT2D eigenvalue weighted by Crippen LogP contribution is 2.32. The molecule has 10 heteroatoms. The Balaban J connectivity index is 1.45. The molecule has 0 saturated carbocycles. The van der Waals surface area contributed by atoms with Crippen LogP contribution in [0.15, 0.2) is 42.5 Å². The average molecular weight is 474 g/mol. The van der Waals surface area contributed by atoms with Crippen LogP contribution < -0.4 is 16.0 Å². The third-order valence-electron chi connectivity index (χ3n) is 5.87. The third-order valence-corrected chi connectivity index (χ3v) is 5.87. The molecule has 1 heterocycles. The van der Waals surface area contributed by atoms with Gasteiger partial charge in [0.1, 0.15) is 0 Å². The fraction of sp³-hybridized carbons (Fsp3) is 0.333. The van der Waals surface area contributed by atoms with Gasteiger partial charge in [-0.3, -0.25) is 4.79 Å². The molecule has 3 amide bonds. The van der Waals surface area contributed by atoms with E-state index in [1.165, 1.54) is 12.1 Å². The molecule has 1 aliphatic rings. The monoisotopic (exact) mass is 474 g/mol. The van der Waals surface area contributed by atoms with Crippen molar-refractivity contribution < 1.29 is 27.9 Å². The molecule has 0 fully saturated rings. The second-order valence-electron chi connectivity index (χ2n) is 8.26. The van der Waals surface area contributed by atoms with Crippen molar-refractivity contribution in [3.05, 3.63) is 64.8 Å². The van der Waals surface area contributed by atoms with Crippen molar-refractivity contribution >= 4 is 28.5 Å². The molecule has 2 aromatic carbocycles. The first-order valence-corrected chi connectivity index (χ1v) is 11.0. The van der Waals surface area contributed by atoms with Gasteiger partial charge >= 0.3 is 12.2 Å². The summed E-state index contributed by atoms with van der Waals surface area (Å²) >= 11 is 0. The first-order chi connectivity index (χ1) is 16.3. The maximum absolute atomic E-state index is 12.9. The van der Waals surface area contributed by atoms with Crippen LogP contribution in [0.25, 0.3) is 10.9 Å². The second kappa shape index (κ2) is 9.76. The Morgan fingerprint density at radius 2 is 1.94 bits per heavy atom. The van der Waals surface area contributed by atoms with Gasteiger partial charge in [0.05, 0.1) is 16.6 Å². The van der Waals surface area contributed by atoms with Crippen molar-refractivity contribution in [2.45, 2.75) is 37.9 Å². The highest BCUT2D eigenvalue weighted by atomic mass is 19.4. The molecule has 4 rings (SSSR count). The van der Waals surface area contributed by atoms with E-state index in [-0.39, 0.29) is 24.2 Å². The molecule has 34 heavy (non-hydrogen) atoms. The van der Waals surface area contributed by atoms with Gasteiger partial charge in [0.15, 0.2) is 0 Å². The average Bonchev–Trinajstić information content (AvgIpc) is 3.17. The molecule has 0 saturated heterocycles. The number of aromatic nitrogens is 1. The zero-order valence-corrected chi connectivity index (χ0v) is 18.3. The number of H-pyrrole nitrogens is 1. The molecule has 1 atom stereocenters. The second-order valence-corrected chi connectivity index (χ2v) is 8.26. The van der Waals surface area contributed by atoms with Crippen LogP contribution in [-0.4, -0.2) is 41.2 Å². The van der Waals surface area contributed by atoms with Gasteiger partial charge in [-0.15, -0.1) is 0 Å². The number of amides is 3. The minimum absolute atomic E-state index is 0.00297. The Kier molecular flexibility index (Phi) is 6.78. The van der Waals surface area contributed by atoms with Crippen molar-refractivity contribution in [3.63, 3.8) is 0 Å². The number of nitrogens with one attached hydrogen (secondary N) is 4. The Morgan fingerprint density at radius 3 is 2.71 bits per heavy atom. The van der Waals surface area contributed by atoms with E-state index in [0.717, 1.165) is 34.3 Å². The summed E-state index contributed by atoms with van der Waals surface area (Å²) in [7, 11) is 0. The van der Waals surface area contributed by atoms with Crippen LogP contribution in [0.3, 0.4) is 0 Å². The summed E-state index contributed by atoms with van der Waals surface area (Å²) in [6.07, 6.45) is -2.18. The quantitative estimate of drug-likeness (QED) is 0.349. The van der Waals surface area contributed by atoms with Crippen molar-refractivity contribution in [2.24, 2.45) is 0 Å². The van der Waals surface area contributed by atoms with Crippen LogP contribution in [0.1, 0.15) is 40.0 Å². The van der Waals surface area contributed by atoms with E-state index < -0.39 is 17.8 Å². The van der Waals surface area contributed by atoms with E-state index in [2.05, 4.69) is 20.9 Å². The summed E-state index contributed by atoms with van der Waals surface area (Å²) in [4.78, 5) is 28.4. The number of carbonyl (C=O) groups excluding carboxylic acids is 2. The lowest BCUT2D eigenvalue weighted by atomic mass is 9.91. The van der Waals surface area contributed by atoms with Gasteiger partial charge in [0, 0.05) is 36.0 Å². The van der Waals surface area contributed by atoms with Crippen molar-refractivity contribution in [1.82, 2.24) is 15.6 Å². The topological polar surface area (TPSA) is 106 Å². The zero-order valence-electron chi connectivity index (χ0n) is 18.3. The number of halogens is 3. The number of aliphatic hydroxyl groups is 1. The van der Waals surface area contributed by atoms with Gasteiger partial charge in [-0.05, 0) is 55.5 Å². The van der Waals surface area contributed by atoms with Gasteiger partial charge in [-0.2, -0.15) is 13.2 Å². The summed E-state index contributed by atoms with van der Waals surface area (Å²) in [5.41, 5.74) is 2.48. The number of alkyl halides is 3. The molecular formula is C24H25F3N4O3. The lowest BCUT2D eigenvalue weighted by Gasteiger charge is -2.24. The number of benzene rings is 2. The van der Waals surface area contributed by atoms with Crippen molar-refractivity contribution in [2.75, 3.05) is 18.5 Å². The van der Waals surface area contributed by atoms with Crippen LogP contribution >= 0.6 is 0 Å². The number of anilines is 1. The number of carbonyl (C=O) groups is 2. The largest absolute Gasteiger partial charge is 0.416 e. The Morgan fingerprint density at radius 1 is 1.15 bits per heavy atom. The minimum Gasteiger partial charge on any atom is -0.396 e. The summed E-state index contributed by atoms with van der Waals surface area (Å²) in [5.74, 6) is -0.229. The molecule has 0 spiro atoms. The molecule has 1 unspecified atom stereocenters. The summed E-state index contributed by atoms with van der Waals surface area (Å²) in [6, 6.07) is 9.16. The van der Waals surface area contributed by atoms with E-state index in [9.17, 15) is 22.8 Å². The number of aryl methyl sites for hydroxylation is 1. The van der Waals surface area contributed by atoms with Crippen LogP contribution in [-0.2, 0) is 19.0 Å². The molecule has 180 valence electrons. The number of rotatable bonds is 6. The molecule has 1 aromatic heterocycles. The van der Waals surface area contributed by atoms with Crippen molar-refractivity contribution in [3.8, 4) is 0 Å². The first-order valence-electron chi connectivity index (χ1n) is 11.0. The van der Waals surface area contributed by atoms with Gasteiger partial charge in [0.2, 0.25) is 0 Å². The predicted molar refractivity (Wildman–Crippen MR) is 122 cm³/mol. The predicted octanol–water partition coefficient (Wildman–Crippen LogP) is 3.98. The number of hydrogen-bond donors (Lipinski definition) is 5. The number of aromatic amines is 1. The minimum atomic E-state index is -4.49. The molecular weight excluding hydrogens is 449 g/mol. The zero-order chi connectivity index (χ0) is 24.3. The summed E-state index contributed by atoms with van der Waals surface area (Å²) in [6.45, 7) is 0.371. The Bertz CT molecular complexity index is 1210. The van der Waals surface area contributed by atoms with E-state index >= 15 is 0 Å². The van der Waals surface area contributed by atoms with Crippen LogP contribution in [0.5, 0.6) is 0 Å². The number of aliphatic hydroxyl groups excluding tert-OH is 1. The van der Waals surface area contributed by atoms with Crippen LogP contribution in [0.2, 0.25) is 0 Å². The standard InChI is InChI=1S/C24H25F3N4O3/c25-24(26,27)14-4-1-5-15(12-14)29-23(34)30-16-8-9-20-19(13-16)17-6-2-7-18(21(17)31-20)22(33)28-10-3-11-32/h1-2,4-7,12,16,31-32H,3,8-11,13H2,(H,28,33)(H2,29,30,34). The highest BCUT2D eigenvalue weighted by molar-refractivity contribution is 6.06. The van der Waals surface area contributed by atoms with E-state index in [0.29, 0.717) is 37.8 Å². The Hall–Kier alpha value is -3.53. The first kappa shape index (κ1) is 23.6. The third kappa shape index (κ3) is 5.17. The molecule has 0 radical (unpaired) electrons. The van der Waals surface area contributed by atoms with E-state index in [1.807, 2.05) is 6.07 Å². The van der Waals surface area contributed by atoms with E-state index in [4.69, 9.17) is 5.11 Å². The maximum Gasteiger partial charge on any atom is 0.416 e. The van der Waals surface area contributed by atoms with Gasteiger partial charge in [0.25, 0.3) is 5.91 Å². The fourth-order valence-electron chi connectivity index (χ4n) is 4.26. The fourth-order valence-corrected chi connectivity index (χ4v) is 4.26. The van der Waals surface area contributed by atoms with Crippen LogP contribution in [0.4, 0.5) is 23.7 Å². The maximum atomic E-state index is 12.9. The normalized spacial score (nSPS) is 15.6. The molecule has 7 nitrogen and oxygen atoms in total. The lowest BCUT2D eigenvalue weighted by Crippen LogP contribution is -2.41. The number of hydrogen-bond acceptors (Lipinski definition) is 3. The molecule has 5 N–H and O–H groups in total. The summed E-state index contributed by atoms with van der Waals surface area (Å²) in [5, 5.41) is 17.9. The smallest absolute Gasteiger partial charge is 0.396 e. The molecule has 3 aromatic rings. The summed E-state index contributed by atoms with van der Waals surface area (Å²) < 4.78 is 38.7. The lowest BCUT2D eigenvalue weighted by molar-refractivity contribution is -0.137.